The standard InChI is InChI=1S/C9H7F3N2OS/c10-3-1-4(13)5-7(6(3)14)16-2-9(11,12)8(5)15/h1H,2,13-14H2. The molecule has 0 atom stereocenters. The molecular formula is C9H7F3N2OS. The van der Waals surface area contributed by atoms with Gasteiger partial charge >= 0.3 is 5.92 Å². The minimum absolute atomic E-state index is 0.00780. The first-order valence-corrected chi connectivity index (χ1v) is 5.26. The Morgan fingerprint density at radius 1 is 1.38 bits per heavy atom. The fourth-order valence-corrected chi connectivity index (χ4v) is 2.52. The van der Waals surface area contributed by atoms with Gasteiger partial charge in [-0.2, -0.15) is 8.78 Å². The van der Waals surface area contributed by atoms with Crippen LogP contribution in [0.2, 0.25) is 0 Å². The van der Waals surface area contributed by atoms with Gasteiger partial charge in [0.05, 0.1) is 17.0 Å². The first-order chi connectivity index (χ1) is 7.34. The van der Waals surface area contributed by atoms with Crippen molar-refractivity contribution in [3.05, 3.63) is 17.4 Å². The number of benzene rings is 1. The number of fused-ring (bicyclic) bond motifs is 1. The molecule has 0 radical (unpaired) electrons. The summed E-state index contributed by atoms with van der Waals surface area (Å²) < 4.78 is 39.4. The zero-order valence-corrected chi connectivity index (χ0v) is 8.71. The van der Waals surface area contributed by atoms with Crippen molar-refractivity contribution in [1.82, 2.24) is 0 Å². The molecule has 2 rings (SSSR count). The minimum Gasteiger partial charge on any atom is -0.398 e. The van der Waals surface area contributed by atoms with Gasteiger partial charge in [-0.3, -0.25) is 4.79 Å². The van der Waals surface area contributed by atoms with Gasteiger partial charge in [0.15, 0.2) is 0 Å². The lowest BCUT2D eigenvalue weighted by atomic mass is 10.0. The van der Waals surface area contributed by atoms with E-state index in [1.807, 2.05) is 0 Å². The van der Waals surface area contributed by atoms with Gasteiger partial charge in [0.1, 0.15) is 5.82 Å². The fourth-order valence-electron chi connectivity index (χ4n) is 1.46. The number of carbonyl (C=O) groups excluding carboxylic acids is 1. The van der Waals surface area contributed by atoms with E-state index in [1.165, 1.54) is 0 Å². The van der Waals surface area contributed by atoms with Crippen molar-refractivity contribution in [3.8, 4) is 0 Å². The predicted molar refractivity (Wildman–Crippen MR) is 55.2 cm³/mol. The summed E-state index contributed by atoms with van der Waals surface area (Å²) in [6.07, 6.45) is 0. The quantitative estimate of drug-likeness (QED) is 0.688. The third-order valence-electron chi connectivity index (χ3n) is 2.26. The van der Waals surface area contributed by atoms with Crippen LogP contribution in [0.3, 0.4) is 0 Å². The number of anilines is 2. The Balaban J connectivity index is 2.70. The highest BCUT2D eigenvalue weighted by molar-refractivity contribution is 7.99. The average molecular weight is 248 g/mol. The molecule has 1 heterocycles. The molecule has 0 fully saturated rings. The normalized spacial score (nSPS) is 18.3. The molecule has 0 saturated heterocycles. The molecule has 1 aliphatic heterocycles. The maximum Gasteiger partial charge on any atom is 0.319 e. The van der Waals surface area contributed by atoms with Gasteiger partial charge < -0.3 is 11.5 Å². The first kappa shape index (κ1) is 11.1. The Morgan fingerprint density at radius 3 is 2.62 bits per heavy atom. The molecular weight excluding hydrogens is 241 g/mol. The average Bonchev–Trinajstić information content (AvgIpc) is 2.19. The molecule has 1 aliphatic rings. The number of nitrogens with two attached hydrogens (primary N) is 2. The van der Waals surface area contributed by atoms with Crippen molar-refractivity contribution in [2.45, 2.75) is 10.8 Å². The van der Waals surface area contributed by atoms with Gasteiger partial charge in [-0.15, -0.1) is 11.8 Å². The summed E-state index contributed by atoms with van der Waals surface area (Å²) in [5.74, 6) is -6.42. The second-order valence-electron chi connectivity index (χ2n) is 3.39. The van der Waals surface area contributed by atoms with E-state index in [2.05, 4.69) is 0 Å². The minimum atomic E-state index is -3.48. The third-order valence-corrected chi connectivity index (χ3v) is 3.48. The van der Waals surface area contributed by atoms with Crippen LogP contribution in [-0.4, -0.2) is 17.5 Å². The zero-order chi connectivity index (χ0) is 12.1. The molecule has 3 nitrogen and oxygen atoms in total. The lowest BCUT2D eigenvalue weighted by Crippen LogP contribution is -2.36. The molecule has 0 unspecified atom stereocenters. The Morgan fingerprint density at radius 2 is 2.00 bits per heavy atom. The largest absolute Gasteiger partial charge is 0.398 e. The highest BCUT2D eigenvalue weighted by Gasteiger charge is 2.46. The highest BCUT2D eigenvalue weighted by atomic mass is 32.2. The monoisotopic (exact) mass is 248 g/mol. The summed E-state index contributed by atoms with van der Waals surface area (Å²) >= 11 is 0.639. The lowest BCUT2D eigenvalue weighted by Gasteiger charge is -2.24. The molecule has 0 saturated carbocycles. The molecule has 4 N–H and O–H groups in total. The van der Waals surface area contributed by atoms with Gasteiger partial charge in [0.25, 0.3) is 0 Å². The number of nitrogen functional groups attached to an aromatic ring is 2. The summed E-state index contributed by atoms with van der Waals surface area (Å²) in [6, 6.07) is 0.786. The molecule has 0 amide bonds. The van der Waals surface area contributed by atoms with Crippen LogP contribution in [0.5, 0.6) is 0 Å². The third kappa shape index (κ3) is 1.42. The smallest absolute Gasteiger partial charge is 0.319 e. The van der Waals surface area contributed by atoms with Gasteiger partial charge in [-0.25, -0.2) is 4.39 Å². The predicted octanol–water partition coefficient (Wildman–Crippen LogP) is 1.91. The summed E-state index contributed by atoms with van der Waals surface area (Å²) in [5, 5.41) is 0. The Kier molecular flexibility index (Phi) is 2.30. The molecule has 1 aromatic rings. The van der Waals surface area contributed by atoms with Crippen LogP contribution < -0.4 is 11.5 Å². The van der Waals surface area contributed by atoms with Crippen molar-refractivity contribution in [1.29, 1.82) is 0 Å². The van der Waals surface area contributed by atoms with Crippen molar-refractivity contribution in [2.24, 2.45) is 0 Å². The highest BCUT2D eigenvalue weighted by Crippen LogP contribution is 2.44. The van der Waals surface area contributed by atoms with E-state index in [1.54, 1.807) is 0 Å². The number of Topliss-reactive ketones (excluding diaryl/α,β-unsaturated/α-hetero) is 1. The number of hydrogen-bond donors (Lipinski definition) is 2. The second-order valence-corrected chi connectivity index (χ2v) is 4.37. The molecule has 7 heteroatoms. The maximum absolute atomic E-state index is 13.2. The number of halogens is 3. The number of ketones is 1. The zero-order valence-electron chi connectivity index (χ0n) is 7.89. The number of hydrogen-bond acceptors (Lipinski definition) is 4. The SMILES string of the molecule is Nc1cc(F)c(N)c2c1C(=O)C(F)(F)CS2. The lowest BCUT2D eigenvalue weighted by molar-refractivity contribution is 0.0239. The second kappa shape index (κ2) is 3.31. The van der Waals surface area contributed by atoms with E-state index in [0.29, 0.717) is 11.8 Å². The van der Waals surface area contributed by atoms with Crippen LogP contribution >= 0.6 is 11.8 Å². The topological polar surface area (TPSA) is 69.1 Å². The van der Waals surface area contributed by atoms with Crippen molar-refractivity contribution < 1.29 is 18.0 Å². The van der Waals surface area contributed by atoms with Gasteiger partial charge in [-0.05, 0) is 6.07 Å². The molecule has 0 aliphatic carbocycles. The van der Waals surface area contributed by atoms with Gasteiger partial charge in [0.2, 0.25) is 5.78 Å². The van der Waals surface area contributed by atoms with E-state index in [4.69, 9.17) is 11.5 Å². The van der Waals surface area contributed by atoms with Crippen molar-refractivity contribution in [2.75, 3.05) is 17.2 Å². The van der Waals surface area contributed by atoms with E-state index < -0.39 is 23.3 Å². The first-order valence-electron chi connectivity index (χ1n) is 4.27. The van der Waals surface area contributed by atoms with Crippen molar-refractivity contribution >= 4 is 28.9 Å². The number of thioether (sulfide) groups is 1. The molecule has 0 bridgehead atoms. The van der Waals surface area contributed by atoms with Crippen LogP contribution in [0.15, 0.2) is 11.0 Å². The van der Waals surface area contributed by atoms with Crippen LogP contribution in [0.25, 0.3) is 0 Å². The molecule has 0 aromatic heterocycles. The summed E-state index contributed by atoms with van der Waals surface area (Å²) in [6.45, 7) is 0. The Hall–Kier alpha value is -1.37. The molecule has 16 heavy (non-hydrogen) atoms. The summed E-state index contributed by atoms with van der Waals surface area (Å²) in [4.78, 5) is 11.4. The maximum atomic E-state index is 13.2. The van der Waals surface area contributed by atoms with Gasteiger partial charge in [-0.1, -0.05) is 0 Å². The Labute approximate surface area is 93.0 Å². The number of rotatable bonds is 0. The van der Waals surface area contributed by atoms with E-state index in [9.17, 15) is 18.0 Å². The number of alkyl halides is 2. The number of carbonyl (C=O) groups is 1. The summed E-state index contributed by atoms with van der Waals surface area (Å²) in [7, 11) is 0. The van der Waals surface area contributed by atoms with E-state index in [0.717, 1.165) is 6.07 Å². The molecule has 0 spiro atoms. The van der Waals surface area contributed by atoms with E-state index >= 15 is 0 Å². The van der Waals surface area contributed by atoms with Crippen molar-refractivity contribution in [3.63, 3.8) is 0 Å². The van der Waals surface area contributed by atoms with Gasteiger partial charge in [0, 0.05) is 10.6 Å². The Bertz CT molecular complexity index is 490. The summed E-state index contributed by atoms with van der Waals surface area (Å²) in [5.41, 5.74) is 9.74. The van der Waals surface area contributed by atoms with Crippen LogP contribution in [0.4, 0.5) is 24.5 Å². The van der Waals surface area contributed by atoms with E-state index in [-0.39, 0.29) is 21.8 Å². The van der Waals surface area contributed by atoms with Crippen LogP contribution in [0, 0.1) is 5.82 Å². The van der Waals surface area contributed by atoms with Crippen LogP contribution in [-0.2, 0) is 0 Å². The molecule has 86 valence electrons. The fraction of sp³-hybridized carbons (Fsp3) is 0.222. The van der Waals surface area contributed by atoms with Crippen LogP contribution in [0.1, 0.15) is 10.4 Å². The molecule has 1 aromatic carbocycles.